The Labute approximate surface area is 143 Å². The molecule has 0 unspecified atom stereocenters. The molecule has 2 aromatic rings. The van der Waals surface area contributed by atoms with E-state index < -0.39 is 11.6 Å². The van der Waals surface area contributed by atoms with Crippen molar-refractivity contribution in [3.63, 3.8) is 0 Å². The molecule has 0 amide bonds. The average Bonchev–Trinajstić information content (AvgIpc) is 2.54. The molecule has 0 heterocycles. The van der Waals surface area contributed by atoms with Gasteiger partial charge >= 0.3 is 5.97 Å². The van der Waals surface area contributed by atoms with Gasteiger partial charge in [-0.3, -0.25) is 9.59 Å². The van der Waals surface area contributed by atoms with Gasteiger partial charge in [0.05, 0.1) is 0 Å². The Kier molecular flexibility index (Phi) is 5.55. The fourth-order valence-electron chi connectivity index (χ4n) is 2.72. The van der Waals surface area contributed by atoms with E-state index in [9.17, 15) is 9.59 Å². The van der Waals surface area contributed by atoms with Crippen LogP contribution in [0.2, 0.25) is 0 Å². The fraction of sp³-hybridized carbons (Fsp3) is 0.333. The molecule has 0 spiro atoms. The van der Waals surface area contributed by atoms with Gasteiger partial charge in [0.1, 0.15) is 0 Å². The summed E-state index contributed by atoms with van der Waals surface area (Å²) < 4.78 is 5.12. The summed E-state index contributed by atoms with van der Waals surface area (Å²) in [5, 5.41) is 0. The van der Waals surface area contributed by atoms with Gasteiger partial charge in [-0.05, 0) is 37.0 Å². The zero-order chi connectivity index (χ0) is 17.7. The summed E-state index contributed by atoms with van der Waals surface area (Å²) in [6, 6.07) is 15.9. The standard InChI is InChI=1S/C21H24O3/c1-5-6-16-7-9-17(10-8-16)18-11-13-19(14-12-18)20(23)21(3,4)24-15(2)22/h7-14H,5-6H2,1-4H3. The number of carbonyl (C=O) groups is 2. The lowest BCUT2D eigenvalue weighted by molar-refractivity contribution is -0.149. The first-order valence-corrected chi connectivity index (χ1v) is 8.27. The Morgan fingerprint density at radius 1 is 0.917 bits per heavy atom. The van der Waals surface area contributed by atoms with Crippen LogP contribution in [0.5, 0.6) is 0 Å². The molecule has 0 aliphatic carbocycles. The Morgan fingerprint density at radius 3 is 1.88 bits per heavy atom. The lowest BCUT2D eigenvalue weighted by atomic mass is 9.94. The predicted molar refractivity (Wildman–Crippen MR) is 96.0 cm³/mol. The van der Waals surface area contributed by atoms with Crippen molar-refractivity contribution in [3.8, 4) is 11.1 Å². The van der Waals surface area contributed by atoms with E-state index in [-0.39, 0.29) is 5.78 Å². The van der Waals surface area contributed by atoms with Gasteiger partial charge < -0.3 is 4.74 Å². The van der Waals surface area contributed by atoms with Gasteiger partial charge in [0.2, 0.25) is 5.78 Å². The van der Waals surface area contributed by atoms with Crippen LogP contribution < -0.4 is 0 Å². The van der Waals surface area contributed by atoms with Gasteiger partial charge in [0.15, 0.2) is 5.60 Å². The highest BCUT2D eigenvalue weighted by Gasteiger charge is 2.31. The fourth-order valence-corrected chi connectivity index (χ4v) is 2.72. The maximum Gasteiger partial charge on any atom is 0.303 e. The van der Waals surface area contributed by atoms with Crippen molar-refractivity contribution in [3.05, 3.63) is 59.7 Å². The number of rotatable bonds is 6. The van der Waals surface area contributed by atoms with Gasteiger partial charge in [0.25, 0.3) is 0 Å². The molecular weight excluding hydrogens is 300 g/mol. The third-order valence-corrected chi connectivity index (χ3v) is 3.92. The van der Waals surface area contributed by atoms with Crippen LogP contribution in [-0.4, -0.2) is 17.4 Å². The molecule has 0 saturated carbocycles. The molecule has 0 radical (unpaired) electrons. The molecule has 0 aliphatic rings. The van der Waals surface area contributed by atoms with Crippen molar-refractivity contribution < 1.29 is 14.3 Å². The number of ketones is 1. The molecule has 2 aromatic carbocycles. The van der Waals surface area contributed by atoms with E-state index >= 15 is 0 Å². The zero-order valence-corrected chi connectivity index (χ0v) is 14.8. The summed E-state index contributed by atoms with van der Waals surface area (Å²) in [7, 11) is 0. The van der Waals surface area contributed by atoms with Gasteiger partial charge in [-0.1, -0.05) is 61.9 Å². The van der Waals surface area contributed by atoms with Crippen molar-refractivity contribution >= 4 is 11.8 Å². The van der Waals surface area contributed by atoms with Crippen LogP contribution in [0.1, 0.15) is 50.0 Å². The van der Waals surface area contributed by atoms with Crippen LogP contribution in [0.4, 0.5) is 0 Å². The number of ether oxygens (including phenoxy) is 1. The monoisotopic (exact) mass is 324 g/mol. The van der Waals surface area contributed by atoms with Crippen LogP contribution in [-0.2, 0) is 16.0 Å². The number of Topliss-reactive ketones (excluding diaryl/α,β-unsaturated/α-hetero) is 1. The molecule has 0 saturated heterocycles. The highest BCUT2D eigenvalue weighted by Crippen LogP contribution is 2.23. The smallest absolute Gasteiger partial charge is 0.303 e. The van der Waals surface area contributed by atoms with Gasteiger partial charge in [-0.2, -0.15) is 0 Å². The van der Waals surface area contributed by atoms with E-state index in [0.29, 0.717) is 5.56 Å². The lowest BCUT2D eigenvalue weighted by Crippen LogP contribution is -2.36. The Balaban J connectivity index is 2.18. The Hall–Kier alpha value is -2.42. The molecule has 3 nitrogen and oxygen atoms in total. The molecule has 0 fully saturated rings. The number of carbonyl (C=O) groups excluding carboxylic acids is 2. The quantitative estimate of drug-likeness (QED) is 0.564. The average molecular weight is 324 g/mol. The highest BCUT2D eigenvalue weighted by atomic mass is 16.6. The second-order valence-electron chi connectivity index (χ2n) is 6.46. The minimum Gasteiger partial charge on any atom is -0.451 e. The molecule has 0 bridgehead atoms. The lowest BCUT2D eigenvalue weighted by Gasteiger charge is -2.22. The zero-order valence-electron chi connectivity index (χ0n) is 14.8. The Morgan fingerprint density at radius 2 is 1.42 bits per heavy atom. The van der Waals surface area contributed by atoms with Crippen LogP contribution in [0.25, 0.3) is 11.1 Å². The summed E-state index contributed by atoms with van der Waals surface area (Å²) in [4.78, 5) is 23.6. The highest BCUT2D eigenvalue weighted by molar-refractivity contribution is 6.03. The van der Waals surface area contributed by atoms with Crippen molar-refractivity contribution in [1.29, 1.82) is 0 Å². The number of aryl methyl sites for hydroxylation is 1. The van der Waals surface area contributed by atoms with Crippen LogP contribution in [0.3, 0.4) is 0 Å². The summed E-state index contributed by atoms with van der Waals surface area (Å²) in [6.07, 6.45) is 2.22. The second-order valence-corrected chi connectivity index (χ2v) is 6.46. The topological polar surface area (TPSA) is 43.4 Å². The first kappa shape index (κ1) is 17.9. The van der Waals surface area contributed by atoms with E-state index in [1.165, 1.54) is 12.5 Å². The maximum absolute atomic E-state index is 12.5. The molecule has 0 atom stereocenters. The van der Waals surface area contributed by atoms with Crippen molar-refractivity contribution in [1.82, 2.24) is 0 Å². The predicted octanol–water partition coefficient (Wildman–Crippen LogP) is 4.83. The maximum atomic E-state index is 12.5. The molecule has 0 aliphatic heterocycles. The largest absolute Gasteiger partial charge is 0.451 e. The molecule has 0 N–H and O–H groups in total. The summed E-state index contributed by atoms with van der Waals surface area (Å²) in [5.74, 6) is -0.667. The van der Waals surface area contributed by atoms with Crippen LogP contribution >= 0.6 is 0 Å². The van der Waals surface area contributed by atoms with E-state index in [1.54, 1.807) is 26.0 Å². The summed E-state index contributed by atoms with van der Waals surface area (Å²) in [6.45, 7) is 6.69. The Bertz CT molecular complexity index is 710. The van der Waals surface area contributed by atoms with Crippen LogP contribution in [0, 0.1) is 0 Å². The van der Waals surface area contributed by atoms with E-state index in [2.05, 4.69) is 31.2 Å². The van der Waals surface area contributed by atoms with E-state index in [4.69, 9.17) is 4.74 Å². The van der Waals surface area contributed by atoms with Gasteiger partial charge in [-0.15, -0.1) is 0 Å². The third kappa shape index (κ3) is 4.31. The molecular formula is C21H24O3. The van der Waals surface area contributed by atoms with Crippen molar-refractivity contribution in [2.24, 2.45) is 0 Å². The number of hydrogen-bond acceptors (Lipinski definition) is 3. The SMILES string of the molecule is CCCc1ccc(-c2ccc(C(=O)C(C)(C)OC(C)=O)cc2)cc1. The minimum absolute atomic E-state index is 0.206. The summed E-state index contributed by atoms with van der Waals surface area (Å²) >= 11 is 0. The molecule has 3 heteroatoms. The molecule has 0 aromatic heterocycles. The number of benzene rings is 2. The minimum atomic E-state index is -1.16. The van der Waals surface area contributed by atoms with Crippen molar-refractivity contribution in [2.75, 3.05) is 0 Å². The third-order valence-electron chi connectivity index (χ3n) is 3.92. The first-order valence-electron chi connectivity index (χ1n) is 8.27. The molecule has 24 heavy (non-hydrogen) atoms. The van der Waals surface area contributed by atoms with Gasteiger partial charge in [-0.25, -0.2) is 0 Å². The van der Waals surface area contributed by atoms with E-state index in [1.807, 2.05) is 12.1 Å². The van der Waals surface area contributed by atoms with E-state index in [0.717, 1.165) is 24.0 Å². The van der Waals surface area contributed by atoms with Crippen LogP contribution in [0.15, 0.2) is 48.5 Å². The summed E-state index contributed by atoms with van der Waals surface area (Å²) in [5.41, 5.74) is 2.88. The molecule has 2 rings (SSSR count). The van der Waals surface area contributed by atoms with Gasteiger partial charge in [0, 0.05) is 12.5 Å². The number of hydrogen-bond donors (Lipinski definition) is 0. The first-order chi connectivity index (χ1) is 11.3. The molecule has 126 valence electrons. The second kappa shape index (κ2) is 7.43. The number of esters is 1. The normalized spacial score (nSPS) is 11.2. The van der Waals surface area contributed by atoms with Crippen molar-refractivity contribution in [2.45, 2.75) is 46.1 Å².